The second kappa shape index (κ2) is 7.19. The zero-order valence-corrected chi connectivity index (χ0v) is 14.0. The maximum atomic E-state index is 12.2. The molecular formula is C18H14ClN3O3. The highest BCUT2D eigenvalue weighted by Gasteiger charge is 2.19. The van der Waals surface area contributed by atoms with Crippen LogP contribution in [-0.4, -0.2) is 16.8 Å². The van der Waals surface area contributed by atoms with Crippen LogP contribution in [0, 0.1) is 6.92 Å². The molecule has 0 aliphatic heterocycles. The first kappa shape index (κ1) is 16.7. The van der Waals surface area contributed by atoms with Gasteiger partial charge in [-0.25, -0.2) is 4.98 Å². The van der Waals surface area contributed by atoms with E-state index in [1.54, 1.807) is 31.2 Å². The van der Waals surface area contributed by atoms with Crippen LogP contribution in [0.1, 0.15) is 26.6 Å². The second-order valence-corrected chi connectivity index (χ2v) is 5.59. The average molecular weight is 356 g/mol. The summed E-state index contributed by atoms with van der Waals surface area (Å²) in [6.07, 6.45) is 0. The summed E-state index contributed by atoms with van der Waals surface area (Å²) in [5.74, 6) is -0.420. The van der Waals surface area contributed by atoms with E-state index in [1.165, 1.54) is 0 Å². The molecule has 0 radical (unpaired) electrons. The molecule has 3 rings (SSSR count). The first-order valence-corrected chi connectivity index (χ1v) is 7.82. The van der Waals surface area contributed by atoms with Crippen LogP contribution >= 0.6 is 11.6 Å². The summed E-state index contributed by atoms with van der Waals surface area (Å²) < 4.78 is 5.53. The molecule has 0 aliphatic rings. The van der Waals surface area contributed by atoms with E-state index >= 15 is 0 Å². The van der Waals surface area contributed by atoms with E-state index in [0.29, 0.717) is 16.7 Å². The SMILES string of the molecule is Cc1oc(-c2ccccc2)nc1C(=O)NNC(=O)c1ccccc1Cl. The second-order valence-electron chi connectivity index (χ2n) is 5.18. The maximum absolute atomic E-state index is 12.2. The number of oxazole rings is 1. The minimum atomic E-state index is -0.580. The van der Waals surface area contributed by atoms with Gasteiger partial charge in [0.15, 0.2) is 5.69 Å². The van der Waals surface area contributed by atoms with Crippen molar-refractivity contribution in [1.29, 1.82) is 0 Å². The van der Waals surface area contributed by atoms with Crippen molar-refractivity contribution in [2.24, 2.45) is 0 Å². The molecule has 6 nitrogen and oxygen atoms in total. The molecule has 1 aromatic heterocycles. The summed E-state index contributed by atoms with van der Waals surface area (Å²) in [7, 11) is 0. The Balaban J connectivity index is 1.71. The Morgan fingerprint density at radius 1 is 0.960 bits per heavy atom. The van der Waals surface area contributed by atoms with Crippen molar-refractivity contribution in [3.63, 3.8) is 0 Å². The summed E-state index contributed by atoms with van der Waals surface area (Å²) >= 11 is 5.95. The standard InChI is InChI=1S/C18H14ClN3O3/c1-11-15(20-18(25-11)12-7-3-2-4-8-12)17(24)22-21-16(23)13-9-5-6-10-14(13)19/h2-10H,1H3,(H,21,23)(H,22,24). The number of hydrazine groups is 1. The highest BCUT2D eigenvalue weighted by Crippen LogP contribution is 2.21. The summed E-state index contributed by atoms with van der Waals surface area (Å²) in [5.41, 5.74) is 5.73. The Hall–Kier alpha value is -3.12. The molecule has 126 valence electrons. The van der Waals surface area contributed by atoms with E-state index in [1.807, 2.05) is 30.3 Å². The number of nitrogens with one attached hydrogen (secondary N) is 2. The fraction of sp³-hybridized carbons (Fsp3) is 0.0556. The number of aryl methyl sites for hydroxylation is 1. The van der Waals surface area contributed by atoms with Gasteiger partial charge in [-0.2, -0.15) is 0 Å². The quantitative estimate of drug-likeness (QED) is 0.705. The van der Waals surface area contributed by atoms with Gasteiger partial charge in [-0.1, -0.05) is 41.9 Å². The molecule has 0 atom stereocenters. The Morgan fingerprint density at radius 3 is 2.32 bits per heavy atom. The van der Waals surface area contributed by atoms with Gasteiger partial charge >= 0.3 is 0 Å². The predicted molar refractivity (Wildman–Crippen MR) is 93.1 cm³/mol. The molecule has 25 heavy (non-hydrogen) atoms. The third-order valence-corrected chi connectivity index (χ3v) is 3.77. The Kier molecular flexibility index (Phi) is 4.81. The van der Waals surface area contributed by atoms with E-state index in [2.05, 4.69) is 15.8 Å². The van der Waals surface area contributed by atoms with Gasteiger partial charge in [-0.3, -0.25) is 20.4 Å². The van der Waals surface area contributed by atoms with Crippen LogP contribution in [0.5, 0.6) is 0 Å². The molecule has 0 saturated carbocycles. The lowest BCUT2D eigenvalue weighted by molar-refractivity contribution is 0.0843. The lowest BCUT2D eigenvalue weighted by atomic mass is 10.2. The number of aromatic nitrogens is 1. The minimum absolute atomic E-state index is 0.0957. The number of carbonyl (C=O) groups is 2. The zero-order valence-electron chi connectivity index (χ0n) is 13.2. The molecule has 7 heteroatoms. The van der Waals surface area contributed by atoms with E-state index in [4.69, 9.17) is 16.0 Å². The van der Waals surface area contributed by atoms with Crippen molar-refractivity contribution in [1.82, 2.24) is 15.8 Å². The van der Waals surface area contributed by atoms with Gasteiger partial charge in [0.05, 0.1) is 10.6 Å². The van der Waals surface area contributed by atoms with E-state index < -0.39 is 11.8 Å². The molecule has 1 heterocycles. The molecule has 2 N–H and O–H groups in total. The van der Waals surface area contributed by atoms with Gasteiger partial charge in [-0.15, -0.1) is 0 Å². The average Bonchev–Trinajstić information content (AvgIpc) is 3.02. The molecule has 0 saturated heterocycles. The summed E-state index contributed by atoms with van der Waals surface area (Å²) in [5, 5.41) is 0.290. The Morgan fingerprint density at radius 2 is 1.60 bits per heavy atom. The van der Waals surface area contributed by atoms with Crippen molar-refractivity contribution < 1.29 is 14.0 Å². The molecule has 0 aliphatic carbocycles. The van der Waals surface area contributed by atoms with Crippen molar-refractivity contribution in [3.8, 4) is 11.5 Å². The highest BCUT2D eigenvalue weighted by atomic mass is 35.5. The molecule has 0 unspecified atom stereocenters. The summed E-state index contributed by atoms with van der Waals surface area (Å²) in [6.45, 7) is 1.63. The fourth-order valence-electron chi connectivity index (χ4n) is 2.20. The Labute approximate surface area is 148 Å². The van der Waals surface area contributed by atoms with Crippen molar-refractivity contribution in [2.75, 3.05) is 0 Å². The normalized spacial score (nSPS) is 10.3. The van der Waals surface area contributed by atoms with Gasteiger partial charge < -0.3 is 4.42 Å². The van der Waals surface area contributed by atoms with Crippen molar-refractivity contribution in [3.05, 3.63) is 76.6 Å². The van der Waals surface area contributed by atoms with Crippen LogP contribution in [0.3, 0.4) is 0 Å². The first-order chi connectivity index (χ1) is 12.1. The van der Waals surface area contributed by atoms with Gasteiger partial charge in [0.25, 0.3) is 11.8 Å². The molecule has 0 spiro atoms. The van der Waals surface area contributed by atoms with Gasteiger partial charge in [0, 0.05) is 5.56 Å². The number of nitrogens with zero attached hydrogens (tertiary/aromatic N) is 1. The molecular weight excluding hydrogens is 342 g/mol. The third kappa shape index (κ3) is 3.70. The zero-order chi connectivity index (χ0) is 17.8. The maximum Gasteiger partial charge on any atom is 0.291 e. The number of halogens is 1. The van der Waals surface area contributed by atoms with Gasteiger partial charge in [0.2, 0.25) is 5.89 Å². The number of hydrogen-bond donors (Lipinski definition) is 2. The number of hydrogen-bond acceptors (Lipinski definition) is 4. The lowest BCUT2D eigenvalue weighted by Crippen LogP contribution is -2.42. The van der Waals surface area contributed by atoms with Crippen LogP contribution in [0.2, 0.25) is 5.02 Å². The molecule has 2 aromatic carbocycles. The smallest absolute Gasteiger partial charge is 0.291 e. The summed E-state index contributed by atoms with van der Waals surface area (Å²) in [4.78, 5) is 28.5. The van der Waals surface area contributed by atoms with E-state index in [0.717, 1.165) is 5.56 Å². The van der Waals surface area contributed by atoms with Crippen LogP contribution in [-0.2, 0) is 0 Å². The monoisotopic (exact) mass is 355 g/mol. The number of amides is 2. The lowest BCUT2D eigenvalue weighted by Gasteiger charge is -2.07. The Bertz CT molecular complexity index is 922. The molecule has 0 fully saturated rings. The van der Waals surface area contributed by atoms with Gasteiger partial charge in [0.1, 0.15) is 5.76 Å². The summed E-state index contributed by atoms with van der Waals surface area (Å²) in [6, 6.07) is 15.7. The fourth-order valence-corrected chi connectivity index (χ4v) is 2.42. The topological polar surface area (TPSA) is 84.2 Å². The largest absolute Gasteiger partial charge is 0.441 e. The van der Waals surface area contributed by atoms with E-state index in [-0.39, 0.29) is 11.3 Å². The van der Waals surface area contributed by atoms with Gasteiger partial charge in [-0.05, 0) is 31.2 Å². The van der Waals surface area contributed by atoms with E-state index in [9.17, 15) is 9.59 Å². The first-order valence-electron chi connectivity index (χ1n) is 7.44. The highest BCUT2D eigenvalue weighted by molar-refractivity contribution is 6.33. The van der Waals surface area contributed by atoms with Crippen LogP contribution in [0.25, 0.3) is 11.5 Å². The van der Waals surface area contributed by atoms with Crippen LogP contribution < -0.4 is 10.9 Å². The number of benzene rings is 2. The predicted octanol–water partition coefficient (Wildman–Crippen LogP) is 3.38. The third-order valence-electron chi connectivity index (χ3n) is 3.44. The number of rotatable bonds is 3. The molecule has 2 amide bonds. The van der Waals surface area contributed by atoms with Crippen molar-refractivity contribution in [2.45, 2.75) is 6.92 Å². The molecule has 0 bridgehead atoms. The molecule has 3 aromatic rings. The number of carbonyl (C=O) groups excluding carboxylic acids is 2. The minimum Gasteiger partial charge on any atom is -0.441 e. The van der Waals surface area contributed by atoms with Crippen LogP contribution in [0.4, 0.5) is 0 Å². The van der Waals surface area contributed by atoms with Crippen molar-refractivity contribution >= 4 is 23.4 Å². The van der Waals surface area contributed by atoms with Crippen LogP contribution in [0.15, 0.2) is 59.0 Å².